The van der Waals surface area contributed by atoms with Crippen LogP contribution in [0, 0.1) is 5.41 Å². The zero-order valence-electron chi connectivity index (χ0n) is 10.7. The highest BCUT2D eigenvalue weighted by atomic mass is 16.2. The summed E-state index contributed by atoms with van der Waals surface area (Å²) < 4.78 is 0. The molecule has 0 saturated carbocycles. The van der Waals surface area contributed by atoms with Gasteiger partial charge in [-0.2, -0.15) is 5.10 Å². The molecule has 1 aliphatic heterocycles. The number of nitrogens with two attached hydrogens (primary N) is 1. The maximum Gasteiger partial charge on any atom is 0.223 e. The van der Waals surface area contributed by atoms with Gasteiger partial charge >= 0.3 is 0 Å². The molecule has 2 heterocycles. The van der Waals surface area contributed by atoms with Crippen molar-refractivity contribution < 1.29 is 4.79 Å². The van der Waals surface area contributed by atoms with E-state index in [9.17, 15) is 4.79 Å². The molecule has 5 nitrogen and oxygen atoms in total. The average Bonchev–Trinajstić information content (AvgIpc) is 2.57. The Kier molecular flexibility index (Phi) is 2.85. The average molecular weight is 236 g/mol. The number of nitrogens with one attached hydrogen (secondary N) is 1. The van der Waals surface area contributed by atoms with Crippen molar-refractivity contribution in [2.75, 3.05) is 12.3 Å². The van der Waals surface area contributed by atoms with Gasteiger partial charge in [-0.05, 0) is 5.41 Å². The minimum Gasteiger partial charge on any atom is -0.382 e. The Morgan fingerprint density at radius 1 is 1.53 bits per heavy atom. The summed E-state index contributed by atoms with van der Waals surface area (Å²) in [4.78, 5) is 14.0. The highest BCUT2D eigenvalue weighted by molar-refractivity contribution is 5.77. The normalized spacial score (nSPS) is 15.8. The smallest absolute Gasteiger partial charge is 0.223 e. The van der Waals surface area contributed by atoms with Gasteiger partial charge in [0.15, 0.2) is 0 Å². The minimum absolute atomic E-state index is 0.0271. The molecule has 0 aliphatic carbocycles. The fourth-order valence-corrected chi connectivity index (χ4v) is 2.10. The van der Waals surface area contributed by atoms with Crippen molar-refractivity contribution in [2.24, 2.45) is 5.41 Å². The van der Waals surface area contributed by atoms with Gasteiger partial charge in [-0.15, -0.1) is 0 Å². The van der Waals surface area contributed by atoms with E-state index < -0.39 is 0 Å². The number of hydrogen-bond donors (Lipinski definition) is 2. The van der Waals surface area contributed by atoms with Crippen LogP contribution in [-0.4, -0.2) is 27.5 Å². The van der Waals surface area contributed by atoms with E-state index >= 15 is 0 Å². The van der Waals surface area contributed by atoms with Crippen LogP contribution in [0.5, 0.6) is 0 Å². The molecular formula is C12H20N4O. The molecule has 5 heteroatoms. The van der Waals surface area contributed by atoms with Gasteiger partial charge in [-0.1, -0.05) is 20.8 Å². The number of aromatic amines is 1. The number of nitrogens with zero attached hydrogens (tertiary/aromatic N) is 2. The fourth-order valence-electron chi connectivity index (χ4n) is 2.10. The van der Waals surface area contributed by atoms with Crippen LogP contribution >= 0.6 is 0 Å². The number of hydrogen-bond acceptors (Lipinski definition) is 3. The Bertz CT molecular complexity index is 430. The highest BCUT2D eigenvalue weighted by Crippen LogP contribution is 2.25. The standard InChI is InChI=1S/C12H20N4O/c1-12(2,3)6-10(17)16-5-4-9-8(7-16)11(13)15-14-9/h4-7H2,1-3H3,(H3,13,14,15). The second-order valence-corrected chi connectivity index (χ2v) is 5.87. The lowest BCUT2D eigenvalue weighted by Gasteiger charge is -2.29. The topological polar surface area (TPSA) is 75.0 Å². The molecule has 0 saturated heterocycles. The molecule has 1 aromatic rings. The maximum absolute atomic E-state index is 12.1. The Balaban J connectivity index is 2.07. The van der Waals surface area contributed by atoms with E-state index in [1.807, 2.05) is 4.90 Å². The second-order valence-electron chi connectivity index (χ2n) is 5.87. The molecule has 0 radical (unpaired) electrons. The van der Waals surface area contributed by atoms with E-state index in [1.54, 1.807) is 0 Å². The summed E-state index contributed by atoms with van der Waals surface area (Å²) in [6.07, 6.45) is 1.38. The molecule has 0 spiro atoms. The first-order chi connectivity index (χ1) is 7.87. The number of amides is 1. The maximum atomic E-state index is 12.1. The fraction of sp³-hybridized carbons (Fsp3) is 0.667. The first-order valence-corrected chi connectivity index (χ1v) is 5.96. The lowest BCUT2D eigenvalue weighted by molar-refractivity contribution is -0.134. The van der Waals surface area contributed by atoms with Crippen LogP contribution in [0.15, 0.2) is 0 Å². The third kappa shape index (κ3) is 2.60. The molecule has 3 N–H and O–H groups in total. The van der Waals surface area contributed by atoms with Gasteiger partial charge in [0.1, 0.15) is 5.82 Å². The van der Waals surface area contributed by atoms with Crippen molar-refractivity contribution in [3.63, 3.8) is 0 Å². The molecule has 1 aliphatic rings. The lowest BCUT2D eigenvalue weighted by Crippen LogP contribution is -2.37. The van der Waals surface area contributed by atoms with Gasteiger partial charge in [0.05, 0.1) is 6.54 Å². The SMILES string of the molecule is CC(C)(C)CC(=O)N1CCc2[nH]nc(N)c2C1. The highest BCUT2D eigenvalue weighted by Gasteiger charge is 2.26. The number of carbonyl (C=O) groups is 1. The third-order valence-electron chi connectivity index (χ3n) is 3.00. The van der Waals surface area contributed by atoms with Crippen LogP contribution in [-0.2, 0) is 17.8 Å². The lowest BCUT2D eigenvalue weighted by atomic mass is 9.91. The van der Waals surface area contributed by atoms with Crippen molar-refractivity contribution >= 4 is 11.7 Å². The summed E-state index contributed by atoms with van der Waals surface area (Å²) in [6.45, 7) is 7.57. The molecular weight excluding hydrogens is 216 g/mol. The summed E-state index contributed by atoms with van der Waals surface area (Å²) >= 11 is 0. The monoisotopic (exact) mass is 236 g/mol. The number of anilines is 1. The molecule has 0 unspecified atom stereocenters. The van der Waals surface area contributed by atoms with Crippen molar-refractivity contribution in [2.45, 2.75) is 40.2 Å². The van der Waals surface area contributed by atoms with E-state index in [4.69, 9.17) is 5.73 Å². The Hall–Kier alpha value is -1.52. The predicted molar refractivity (Wildman–Crippen MR) is 66.2 cm³/mol. The number of carbonyl (C=O) groups excluding carboxylic acids is 1. The van der Waals surface area contributed by atoms with Crippen LogP contribution in [0.1, 0.15) is 38.4 Å². The van der Waals surface area contributed by atoms with Crippen molar-refractivity contribution in [1.82, 2.24) is 15.1 Å². The quantitative estimate of drug-likeness (QED) is 0.772. The van der Waals surface area contributed by atoms with Gasteiger partial charge in [-0.25, -0.2) is 0 Å². The van der Waals surface area contributed by atoms with Gasteiger partial charge in [0, 0.05) is 30.6 Å². The predicted octanol–water partition coefficient (Wildman–Crippen LogP) is 1.31. The zero-order chi connectivity index (χ0) is 12.6. The minimum atomic E-state index is 0.0271. The molecule has 0 bridgehead atoms. The van der Waals surface area contributed by atoms with Crippen LogP contribution in [0.2, 0.25) is 0 Å². The molecule has 0 fully saturated rings. The first-order valence-electron chi connectivity index (χ1n) is 5.96. The van der Waals surface area contributed by atoms with E-state index in [0.717, 1.165) is 24.2 Å². The molecule has 1 amide bonds. The Morgan fingerprint density at radius 3 is 2.88 bits per heavy atom. The summed E-state index contributed by atoms with van der Waals surface area (Å²) in [7, 11) is 0. The largest absolute Gasteiger partial charge is 0.382 e. The molecule has 17 heavy (non-hydrogen) atoms. The molecule has 0 aromatic carbocycles. The van der Waals surface area contributed by atoms with Gasteiger partial charge < -0.3 is 10.6 Å². The third-order valence-corrected chi connectivity index (χ3v) is 3.00. The van der Waals surface area contributed by atoms with E-state index in [0.29, 0.717) is 18.8 Å². The zero-order valence-corrected chi connectivity index (χ0v) is 10.7. The summed E-state index contributed by atoms with van der Waals surface area (Å²) in [5.41, 5.74) is 7.85. The number of fused-ring (bicyclic) bond motifs is 1. The summed E-state index contributed by atoms with van der Waals surface area (Å²) in [5, 5.41) is 6.90. The molecule has 2 rings (SSSR count). The van der Waals surface area contributed by atoms with Crippen LogP contribution in [0.4, 0.5) is 5.82 Å². The summed E-state index contributed by atoms with van der Waals surface area (Å²) in [5.74, 6) is 0.719. The van der Waals surface area contributed by atoms with Crippen LogP contribution < -0.4 is 5.73 Å². The second kappa shape index (κ2) is 4.05. The van der Waals surface area contributed by atoms with Crippen molar-refractivity contribution in [3.8, 4) is 0 Å². The Morgan fingerprint density at radius 2 is 2.24 bits per heavy atom. The van der Waals surface area contributed by atoms with E-state index in [-0.39, 0.29) is 11.3 Å². The number of aromatic nitrogens is 2. The number of H-pyrrole nitrogens is 1. The van der Waals surface area contributed by atoms with Crippen molar-refractivity contribution in [1.29, 1.82) is 0 Å². The van der Waals surface area contributed by atoms with Crippen molar-refractivity contribution in [3.05, 3.63) is 11.3 Å². The molecule has 94 valence electrons. The molecule has 0 atom stereocenters. The van der Waals surface area contributed by atoms with Gasteiger partial charge in [0.25, 0.3) is 0 Å². The molecule has 1 aromatic heterocycles. The van der Waals surface area contributed by atoms with Gasteiger partial charge in [-0.3, -0.25) is 9.89 Å². The van der Waals surface area contributed by atoms with E-state index in [2.05, 4.69) is 31.0 Å². The van der Waals surface area contributed by atoms with Crippen LogP contribution in [0.25, 0.3) is 0 Å². The van der Waals surface area contributed by atoms with Gasteiger partial charge in [0.2, 0.25) is 5.91 Å². The number of nitrogen functional groups attached to an aromatic ring is 1. The summed E-state index contributed by atoms with van der Waals surface area (Å²) in [6, 6.07) is 0. The number of rotatable bonds is 1. The first kappa shape index (κ1) is 12.0. The van der Waals surface area contributed by atoms with Crippen LogP contribution in [0.3, 0.4) is 0 Å². The van der Waals surface area contributed by atoms with E-state index in [1.165, 1.54) is 0 Å². The Labute approximate surface area is 101 Å².